The van der Waals surface area contributed by atoms with Crippen LogP contribution in [0, 0.1) is 0 Å². The maximum Gasteiger partial charge on any atom is 0.240 e. The van der Waals surface area contributed by atoms with Crippen molar-refractivity contribution in [2.24, 2.45) is 5.73 Å². The van der Waals surface area contributed by atoms with Gasteiger partial charge in [0.2, 0.25) is 5.91 Å². The first-order chi connectivity index (χ1) is 11.0. The van der Waals surface area contributed by atoms with E-state index < -0.39 is 5.54 Å². The third kappa shape index (κ3) is 5.52. The van der Waals surface area contributed by atoms with E-state index in [1.165, 1.54) is 0 Å². The van der Waals surface area contributed by atoms with E-state index in [0.717, 1.165) is 50.0 Å². The zero-order valence-corrected chi connectivity index (χ0v) is 14.3. The van der Waals surface area contributed by atoms with Gasteiger partial charge in [-0.2, -0.15) is 0 Å². The van der Waals surface area contributed by atoms with Crippen LogP contribution in [0.15, 0.2) is 24.3 Å². The van der Waals surface area contributed by atoms with Crippen LogP contribution in [0.25, 0.3) is 0 Å². The van der Waals surface area contributed by atoms with Gasteiger partial charge in [0, 0.05) is 13.1 Å². The molecule has 1 fully saturated rings. The molecule has 3 N–H and O–H groups in total. The molecule has 0 saturated heterocycles. The first kappa shape index (κ1) is 17.8. The Morgan fingerprint density at radius 1 is 1.26 bits per heavy atom. The Morgan fingerprint density at radius 2 is 1.91 bits per heavy atom. The molecular weight excluding hydrogens is 290 g/mol. The van der Waals surface area contributed by atoms with Gasteiger partial charge in [0.1, 0.15) is 5.75 Å². The number of hydrogen-bond acceptors (Lipinski definition) is 4. The normalized spacial score (nSPS) is 16.5. The monoisotopic (exact) mass is 319 g/mol. The second-order valence-corrected chi connectivity index (χ2v) is 6.70. The smallest absolute Gasteiger partial charge is 0.240 e. The predicted octanol–water partition coefficient (Wildman–Crippen LogP) is 1.90. The molecule has 0 atom stereocenters. The second kappa shape index (κ2) is 8.31. The van der Waals surface area contributed by atoms with Crippen molar-refractivity contribution in [2.45, 2.75) is 44.2 Å². The van der Waals surface area contributed by atoms with Gasteiger partial charge < -0.3 is 20.7 Å². The summed E-state index contributed by atoms with van der Waals surface area (Å²) in [5.74, 6) is 0.837. The van der Waals surface area contributed by atoms with Crippen molar-refractivity contribution in [1.82, 2.24) is 10.2 Å². The summed E-state index contributed by atoms with van der Waals surface area (Å²) in [5, 5.41) is 2.96. The number of hydrogen-bond donors (Lipinski definition) is 2. The van der Waals surface area contributed by atoms with Gasteiger partial charge in [-0.25, -0.2) is 0 Å². The number of amides is 1. The molecule has 23 heavy (non-hydrogen) atoms. The van der Waals surface area contributed by atoms with Crippen LogP contribution in [0.1, 0.15) is 37.7 Å². The summed E-state index contributed by atoms with van der Waals surface area (Å²) in [5.41, 5.74) is 6.54. The topological polar surface area (TPSA) is 67.6 Å². The summed E-state index contributed by atoms with van der Waals surface area (Å²) in [6.07, 6.45) is 4.67. The zero-order chi connectivity index (χ0) is 16.7. The number of ether oxygens (including phenoxy) is 1. The highest BCUT2D eigenvalue weighted by Gasteiger charge is 2.36. The van der Waals surface area contributed by atoms with Gasteiger partial charge in [-0.3, -0.25) is 4.79 Å². The Kier molecular flexibility index (Phi) is 6.42. The number of nitrogens with two attached hydrogens (primary N) is 1. The molecule has 2 rings (SSSR count). The molecule has 1 aliphatic rings. The predicted molar refractivity (Wildman–Crippen MR) is 92.3 cm³/mol. The molecule has 0 radical (unpaired) electrons. The number of nitrogens with one attached hydrogen (secondary N) is 1. The fourth-order valence-corrected chi connectivity index (χ4v) is 2.87. The molecule has 0 aromatic heterocycles. The molecule has 1 aliphatic carbocycles. The van der Waals surface area contributed by atoms with E-state index in [4.69, 9.17) is 10.5 Å². The van der Waals surface area contributed by atoms with Crippen molar-refractivity contribution < 1.29 is 9.53 Å². The molecule has 0 bridgehead atoms. The van der Waals surface area contributed by atoms with E-state index in [1.807, 2.05) is 24.3 Å². The molecule has 0 spiro atoms. The Bertz CT molecular complexity index is 493. The van der Waals surface area contributed by atoms with E-state index in [-0.39, 0.29) is 5.91 Å². The van der Waals surface area contributed by atoms with E-state index in [2.05, 4.69) is 24.3 Å². The van der Waals surface area contributed by atoms with Crippen LogP contribution >= 0.6 is 0 Å². The number of carbonyl (C=O) groups is 1. The largest absolute Gasteiger partial charge is 0.494 e. The first-order valence-electron chi connectivity index (χ1n) is 8.43. The highest BCUT2D eigenvalue weighted by atomic mass is 16.5. The summed E-state index contributed by atoms with van der Waals surface area (Å²) in [7, 11) is 4.11. The molecule has 5 nitrogen and oxygen atoms in total. The van der Waals surface area contributed by atoms with Gasteiger partial charge in [-0.05, 0) is 51.1 Å². The zero-order valence-electron chi connectivity index (χ0n) is 14.3. The number of carbonyl (C=O) groups excluding carboxylic acids is 1. The van der Waals surface area contributed by atoms with Crippen molar-refractivity contribution in [3.05, 3.63) is 29.8 Å². The minimum absolute atomic E-state index is 0.0287. The standard InChI is InChI=1S/C18H29N3O2/c1-21(2)12-5-13-23-16-8-6-15(7-9-16)14-20-17(22)18(19)10-3-4-11-18/h6-9H,3-5,10-14,19H2,1-2H3,(H,20,22). The molecular formula is C18H29N3O2. The van der Waals surface area contributed by atoms with Crippen LogP contribution in [-0.4, -0.2) is 43.6 Å². The van der Waals surface area contributed by atoms with Crippen LogP contribution in [0.3, 0.4) is 0 Å². The van der Waals surface area contributed by atoms with Gasteiger partial charge in [0.25, 0.3) is 0 Å². The summed E-state index contributed by atoms with van der Waals surface area (Å²) in [6, 6.07) is 7.87. The lowest BCUT2D eigenvalue weighted by Gasteiger charge is -2.22. The lowest BCUT2D eigenvalue weighted by molar-refractivity contribution is -0.126. The summed E-state index contributed by atoms with van der Waals surface area (Å²) < 4.78 is 5.70. The molecule has 0 aliphatic heterocycles. The van der Waals surface area contributed by atoms with Gasteiger partial charge in [0.15, 0.2) is 0 Å². The van der Waals surface area contributed by atoms with E-state index in [0.29, 0.717) is 13.2 Å². The number of nitrogens with zero attached hydrogens (tertiary/aromatic N) is 1. The van der Waals surface area contributed by atoms with Crippen LogP contribution in [-0.2, 0) is 11.3 Å². The van der Waals surface area contributed by atoms with Gasteiger partial charge >= 0.3 is 0 Å². The molecule has 5 heteroatoms. The van der Waals surface area contributed by atoms with E-state index in [1.54, 1.807) is 0 Å². The van der Waals surface area contributed by atoms with Gasteiger partial charge in [-0.1, -0.05) is 25.0 Å². The lowest BCUT2D eigenvalue weighted by Crippen LogP contribution is -2.51. The van der Waals surface area contributed by atoms with Gasteiger partial charge in [-0.15, -0.1) is 0 Å². The average Bonchev–Trinajstić information content (AvgIpc) is 2.98. The van der Waals surface area contributed by atoms with Gasteiger partial charge in [0.05, 0.1) is 12.1 Å². The van der Waals surface area contributed by atoms with Crippen molar-refractivity contribution in [2.75, 3.05) is 27.2 Å². The Morgan fingerprint density at radius 3 is 2.52 bits per heavy atom. The Labute approximate surface area is 139 Å². The fourth-order valence-electron chi connectivity index (χ4n) is 2.87. The van der Waals surface area contributed by atoms with Crippen LogP contribution in [0.5, 0.6) is 5.75 Å². The molecule has 0 unspecified atom stereocenters. The molecule has 1 saturated carbocycles. The van der Waals surface area contributed by atoms with Crippen molar-refractivity contribution in [3.63, 3.8) is 0 Å². The SMILES string of the molecule is CN(C)CCCOc1ccc(CNC(=O)C2(N)CCCC2)cc1. The minimum Gasteiger partial charge on any atom is -0.494 e. The van der Waals surface area contributed by atoms with Crippen LogP contribution in [0.2, 0.25) is 0 Å². The van der Waals surface area contributed by atoms with E-state index in [9.17, 15) is 4.79 Å². The Balaban J connectivity index is 1.73. The lowest BCUT2D eigenvalue weighted by atomic mass is 9.98. The number of rotatable bonds is 8. The summed E-state index contributed by atoms with van der Waals surface area (Å²) in [4.78, 5) is 14.3. The third-order valence-corrected chi connectivity index (χ3v) is 4.34. The molecule has 1 amide bonds. The quantitative estimate of drug-likeness (QED) is 0.718. The maximum atomic E-state index is 12.2. The Hall–Kier alpha value is -1.59. The van der Waals surface area contributed by atoms with Crippen LogP contribution < -0.4 is 15.8 Å². The molecule has 1 aromatic carbocycles. The third-order valence-electron chi connectivity index (χ3n) is 4.34. The highest BCUT2D eigenvalue weighted by molar-refractivity contribution is 5.86. The van der Waals surface area contributed by atoms with E-state index >= 15 is 0 Å². The van der Waals surface area contributed by atoms with Crippen LogP contribution in [0.4, 0.5) is 0 Å². The average molecular weight is 319 g/mol. The van der Waals surface area contributed by atoms with Crippen molar-refractivity contribution in [1.29, 1.82) is 0 Å². The highest BCUT2D eigenvalue weighted by Crippen LogP contribution is 2.27. The number of benzene rings is 1. The summed E-state index contributed by atoms with van der Waals surface area (Å²) in [6.45, 7) is 2.24. The first-order valence-corrected chi connectivity index (χ1v) is 8.43. The van der Waals surface area contributed by atoms with Crippen molar-refractivity contribution >= 4 is 5.91 Å². The maximum absolute atomic E-state index is 12.2. The summed E-state index contributed by atoms with van der Waals surface area (Å²) >= 11 is 0. The molecule has 0 heterocycles. The molecule has 1 aromatic rings. The minimum atomic E-state index is -0.657. The fraction of sp³-hybridized carbons (Fsp3) is 0.611. The molecule has 128 valence electrons. The van der Waals surface area contributed by atoms with Crippen molar-refractivity contribution in [3.8, 4) is 5.75 Å². The second-order valence-electron chi connectivity index (χ2n) is 6.70.